The first kappa shape index (κ1) is 19.6. The van der Waals surface area contributed by atoms with Crippen molar-refractivity contribution in [1.29, 1.82) is 0 Å². The molecule has 3 rings (SSSR count). The van der Waals surface area contributed by atoms with Crippen LogP contribution in [0.4, 0.5) is 32.0 Å². The minimum atomic E-state index is -4.50. The fourth-order valence-electron chi connectivity index (χ4n) is 2.76. The van der Waals surface area contributed by atoms with Crippen LogP contribution in [0.15, 0.2) is 48.5 Å². The zero-order valence-electron chi connectivity index (χ0n) is 13.8. The lowest BCUT2D eigenvalue weighted by Gasteiger charge is -2.25. The van der Waals surface area contributed by atoms with E-state index in [0.29, 0.717) is 5.56 Å². The Bertz CT molecular complexity index is 829. The van der Waals surface area contributed by atoms with Crippen molar-refractivity contribution in [3.63, 3.8) is 0 Å². The molecule has 27 heavy (non-hydrogen) atoms. The van der Waals surface area contributed by atoms with Gasteiger partial charge in [-0.05, 0) is 48.9 Å². The molecule has 0 radical (unpaired) electrons. The summed E-state index contributed by atoms with van der Waals surface area (Å²) in [6.07, 6.45) is -8.97. The fourth-order valence-corrected chi connectivity index (χ4v) is 4.04. The number of amides is 1. The second-order valence-electron chi connectivity index (χ2n) is 6.00. The van der Waals surface area contributed by atoms with Gasteiger partial charge in [-0.1, -0.05) is 12.1 Å². The van der Waals surface area contributed by atoms with Crippen molar-refractivity contribution in [3.8, 4) is 0 Å². The van der Waals surface area contributed by atoms with Gasteiger partial charge in [0.05, 0.1) is 16.4 Å². The average molecular weight is 405 g/mol. The Labute approximate surface area is 155 Å². The Morgan fingerprint density at radius 2 is 1.26 bits per heavy atom. The highest BCUT2D eigenvalue weighted by Crippen LogP contribution is 2.46. The summed E-state index contributed by atoms with van der Waals surface area (Å²) in [5, 5.41) is -1.09. The molecule has 1 amide bonds. The Morgan fingerprint density at radius 1 is 0.815 bits per heavy atom. The lowest BCUT2D eigenvalue weighted by Crippen LogP contribution is -2.30. The van der Waals surface area contributed by atoms with Crippen LogP contribution in [0.3, 0.4) is 0 Å². The van der Waals surface area contributed by atoms with Crippen molar-refractivity contribution in [1.82, 2.24) is 0 Å². The largest absolute Gasteiger partial charge is 0.416 e. The van der Waals surface area contributed by atoms with Gasteiger partial charge >= 0.3 is 12.4 Å². The van der Waals surface area contributed by atoms with Gasteiger partial charge in [0.15, 0.2) is 0 Å². The van der Waals surface area contributed by atoms with E-state index >= 15 is 0 Å². The molecule has 0 aliphatic carbocycles. The molecule has 0 aromatic heterocycles. The molecule has 0 N–H and O–H groups in total. The minimum Gasteiger partial charge on any atom is -0.295 e. The second-order valence-corrected chi connectivity index (χ2v) is 7.43. The molecule has 2 aromatic rings. The molecule has 1 saturated heterocycles. The van der Waals surface area contributed by atoms with Crippen molar-refractivity contribution in [2.75, 3.05) is 4.90 Å². The number of benzene rings is 2. The van der Waals surface area contributed by atoms with Gasteiger partial charge in [0.25, 0.3) is 0 Å². The predicted octanol–water partition coefficient (Wildman–Crippen LogP) is 5.89. The van der Waals surface area contributed by atoms with Crippen molar-refractivity contribution in [2.24, 2.45) is 0 Å². The van der Waals surface area contributed by atoms with E-state index in [0.717, 1.165) is 24.3 Å². The number of rotatable bonds is 2. The summed E-state index contributed by atoms with van der Waals surface area (Å²) in [4.78, 5) is 13.8. The first-order valence-electron chi connectivity index (χ1n) is 7.81. The normalized spacial score (nSPS) is 21.0. The summed E-state index contributed by atoms with van der Waals surface area (Å²) in [5.41, 5.74) is -0.931. The van der Waals surface area contributed by atoms with Gasteiger partial charge in [-0.2, -0.15) is 26.3 Å². The fraction of sp³-hybridized carbons (Fsp3) is 0.278. The number of anilines is 1. The number of hydrogen-bond acceptors (Lipinski definition) is 2. The quantitative estimate of drug-likeness (QED) is 0.581. The summed E-state index contributed by atoms with van der Waals surface area (Å²) < 4.78 is 76.4. The lowest BCUT2D eigenvalue weighted by atomic mass is 10.1. The first-order valence-corrected chi connectivity index (χ1v) is 8.76. The van der Waals surface area contributed by atoms with Crippen molar-refractivity contribution in [2.45, 2.75) is 29.9 Å². The van der Waals surface area contributed by atoms with E-state index in [9.17, 15) is 31.1 Å². The predicted molar refractivity (Wildman–Crippen MR) is 90.2 cm³/mol. The standard InChI is InChI=1S/C18H13F6NOS/c1-10-15(26)25(14-8-6-13(7-9-14)18(22,23)24)16(27-10)11-2-4-12(5-3-11)17(19,20)21/h2-10,16H,1H3/t10-,16+/m0/s1. The van der Waals surface area contributed by atoms with Crippen molar-refractivity contribution >= 4 is 23.4 Å². The highest BCUT2D eigenvalue weighted by atomic mass is 32.2. The topological polar surface area (TPSA) is 20.3 Å². The Hall–Kier alpha value is -2.16. The van der Waals surface area contributed by atoms with Crippen LogP contribution in [0.5, 0.6) is 0 Å². The van der Waals surface area contributed by atoms with E-state index in [1.165, 1.54) is 40.9 Å². The van der Waals surface area contributed by atoms with Crippen LogP contribution in [-0.2, 0) is 17.1 Å². The van der Waals surface area contributed by atoms with Gasteiger partial charge in [0, 0.05) is 5.69 Å². The molecule has 0 bridgehead atoms. The Balaban J connectivity index is 1.94. The molecule has 0 spiro atoms. The maximum atomic E-state index is 12.7. The van der Waals surface area contributed by atoms with Crippen LogP contribution in [0.25, 0.3) is 0 Å². The maximum absolute atomic E-state index is 12.7. The van der Waals surface area contributed by atoms with Gasteiger partial charge < -0.3 is 0 Å². The van der Waals surface area contributed by atoms with Gasteiger partial charge in [-0.15, -0.1) is 11.8 Å². The summed E-state index contributed by atoms with van der Waals surface area (Å²) in [6, 6.07) is 8.54. The monoisotopic (exact) mass is 405 g/mol. The summed E-state index contributed by atoms with van der Waals surface area (Å²) in [7, 11) is 0. The van der Waals surface area contributed by atoms with Crippen LogP contribution < -0.4 is 4.90 Å². The Kier molecular flexibility index (Phi) is 4.92. The SMILES string of the molecule is C[C@@H]1S[C@H](c2ccc(C(F)(F)F)cc2)N(c2ccc(C(F)(F)F)cc2)C1=O. The van der Waals surface area contributed by atoms with Crippen LogP contribution in [-0.4, -0.2) is 11.2 Å². The van der Waals surface area contributed by atoms with E-state index in [4.69, 9.17) is 0 Å². The van der Waals surface area contributed by atoms with Gasteiger partial charge in [0.1, 0.15) is 5.37 Å². The van der Waals surface area contributed by atoms with E-state index in [1.54, 1.807) is 6.92 Å². The summed E-state index contributed by atoms with van der Waals surface area (Å²) >= 11 is 1.23. The van der Waals surface area contributed by atoms with Crippen LogP contribution in [0, 0.1) is 0 Å². The number of hydrogen-bond donors (Lipinski definition) is 0. The number of carbonyl (C=O) groups is 1. The minimum absolute atomic E-state index is 0.259. The van der Waals surface area contributed by atoms with Crippen molar-refractivity contribution in [3.05, 3.63) is 65.2 Å². The number of carbonyl (C=O) groups excluding carboxylic acids is 1. The average Bonchev–Trinajstić information content (AvgIpc) is 2.89. The summed E-state index contributed by atoms with van der Waals surface area (Å²) in [6.45, 7) is 1.65. The smallest absolute Gasteiger partial charge is 0.295 e. The molecule has 144 valence electrons. The van der Waals surface area contributed by atoms with Crippen LogP contribution >= 0.6 is 11.8 Å². The maximum Gasteiger partial charge on any atom is 0.416 e. The number of halogens is 6. The molecule has 2 atom stereocenters. The third-order valence-electron chi connectivity index (χ3n) is 4.15. The van der Waals surface area contributed by atoms with Gasteiger partial charge in [0.2, 0.25) is 5.91 Å². The van der Waals surface area contributed by atoms with Crippen LogP contribution in [0.1, 0.15) is 29.0 Å². The molecule has 1 fully saturated rings. The molecule has 2 aromatic carbocycles. The summed E-state index contributed by atoms with van der Waals surface area (Å²) in [5.74, 6) is -0.315. The number of alkyl halides is 6. The zero-order chi connectivity index (χ0) is 20.0. The molecule has 1 aliphatic rings. The van der Waals surface area contributed by atoms with E-state index in [2.05, 4.69) is 0 Å². The van der Waals surface area contributed by atoms with Crippen molar-refractivity contribution < 1.29 is 31.1 Å². The molecule has 1 heterocycles. The lowest BCUT2D eigenvalue weighted by molar-refractivity contribution is -0.138. The molecule has 1 aliphatic heterocycles. The van der Waals surface area contributed by atoms with E-state index < -0.39 is 34.1 Å². The van der Waals surface area contributed by atoms with E-state index in [-0.39, 0.29) is 11.6 Å². The van der Waals surface area contributed by atoms with Gasteiger partial charge in [-0.3, -0.25) is 9.69 Å². The molecule has 2 nitrogen and oxygen atoms in total. The Morgan fingerprint density at radius 3 is 1.70 bits per heavy atom. The van der Waals surface area contributed by atoms with E-state index in [1.807, 2.05) is 0 Å². The zero-order valence-corrected chi connectivity index (χ0v) is 14.6. The molecular weight excluding hydrogens is 392 g/mol. The first-order chi connectivity index (χ1) is 12.5. The molecule has 9 heteroatoms. The second kappa shape index (κ2) is 6.78. The third-order valence-corrected chi connectivity index (χ3v) is 5.50. The highest BCUT2D eigenvalue weighted by Gasteiger charge is 2.40. The number of nitrogens with zero attached hydrogens (tertiary/aromatic N) is 1. The molecule has 0 saturated carbocycles. The third kappa shape index (κ3) is 3.92. The molecular formula is C18H13F6NOS. The van der Waals surface area contributed by atoms with Gasteiger partial charge in [-0.25, -0.2) is 0 Å². The molecule has 0 unspecified atom stereocenters. The highest BCUT2D eigenvalue weighted by molar-refractivity contribution is 8.01. The number of thioether (sulfide) groups is 1. The van der Waals surface area contributed by atoms with Crippen LogP contribution in [0.2, 0.25) is 0 Å².